The van der Waals surface area contributed by atoms with Crippen LogP contribution in [0.15, 0.2) is 30.3 Å². The van der Waals surface area contributed by atoms with Gasteiger partial charge in [0.1, 0.15) is 12.6 Å². The van der Waals surface area contributed by atoms with Crippen molar-refractivity contribution in [1.82, 2.24) is 16.0 Å². The van der Waals surface area contributed by atoms with Gasteiger partial charge < -0.3 is 20.7 Å². The fourth-order valence-corrected chi connectivity index (χ4v) is 2.69. The van der Waals surface area contributed by atoms with E-state index in [1.54, 1.807) is 0 Å². The van der Waals surface area contributed by atoms with Gasteiger partial charge in [0, 0.05) is 13.1 Å². The van der Waals surface area contributed by atoms with E-state index in [1.807, 2.05) is 30.3 Å². The highest BCUT2D eigenvalue weighted by atomic mass is 16.5. The average Bonchev–Trinajstić information content (AvgIpc) is 2.73. The third-order valence-corrected chi connectivity index (χ3v) is 4.39. The number of carbonyl (C=O) groups excluding carboxylic acids is 3. The van der Waals surface area contributed by atoms with Gasteiger partial charge in [-0.2, -0.15) is 0 Å². The molecule has 1 aromatic rings. The number of unbranched alkanes of at least 4 members (excludes halogenated alkanes) is 4. The van der Waals surface area contributed by atoms with Crippen molar-refractivity contribution in [3.8, 4) is 0 Å². The Hall–Kier alpha value is -2.57. The van der Waals surface area contributed by atoms with Gasteiger partial charge in [-0.25, -0.2) is 4.79 Å². The quantitative estimate of drug-likeness (QED) is 0.414. The predicted molar refractivity (Wildman–Crippen MR) is 113 cm³/mol. The Morgan fingerprint density at radius 3 is 2.14 bits per heavy atom. The van der Waals surface area contributed by atoms with E-state index in [1.165, 1.54) is 0 Å². The van der Waals surface area contributed by atoms with Crippen LogP contribution in [0, 0.1) is 0 Å². The first kappa shape index (κ1) is 24.5. The van der Waals surface area contributed by atoms with Gasteiger partial charge in [-0.05, 0) is 18.4 Å². The minimum Gasteiger partial charge on any atom is -0.445 e. The average molecular weight is 406 g/mol. The zero-order chi connectivity index (χ0) is 21.3. The fourth-order valence-electron chi connectivity index (χ4n) is 2.69. The molecular weight excluding hydrogens is 370 g/mol. The highest BCUT2D eigenvalue weighted by molar-refractivity contribution is 5.90. The summed E-state index contributed by atoms with van der Waals surface area (Å²) in [5.41, 5.74) is 0.844. The van der Waals surface area contributed by atoms with Crippen LogP contribution >= 0.6 is 0 Å². The number of hydrogen-bond acceptors (Lipinski definition) is 4. The number of ether oxygens (including phenoxy) is 1. The molecule has 0 fully saturated rings. The van der Waals surface area contributed by atoms with Crippen molar-refractivity contribution in [1.29, 1.82) is 0 Å². The normalized spacial score (nSPS) is 11.4. The lowest BCUT2D eigenvalue weighted by Gasteiger charge is -2.18. The zero-order valence-electron chi connectivity index (χ0n) is 17.7. The molecule has 1 aromatic carbocycles. The van der Waals surface area contributed by atoms with E-state index in [0.29, 0.717) is 13.1 Å². The van der Waals surface area contributed by atoms with E-state index in [-0.39, 0.29) is 24.8 Å². The van der Waals surface area contributed by atoms with Crippen LogP contribution in [0.25, 0.3) is 0 Å². The van der Waals surface area contributed by atoms with Crippen LogP contribution in [0.1, 0.15) is 64.4 Å². The van der Waals surface area contributed by atoms with Crippen molar-refractivity contribution < 1.29 is 19.1 Å². The monoisotopic (exact) mass is 405 g/mol. The number of benzene rings is 1. The molecule has 0 saturated heterocycles. The number of nitrogens with one attached hydrogen (secondary N) is 3. The van der Waals surface area contributed by atoms with Crippen LogP contribution in [0.5, 0.6) is 0 Å². The van der Waals surface area contributed by atoms with Gasteiger partial charge >= 0.3 is 6.09 Å². The molecule has 0 saturated carbocycles. The molecule has 0 aliphatic rings. The van der Waals surface area contributed by atoms with E-state index in [2.05, 4.69) is 29.8 Å². The Kier molecular flexibility index (Phi) is 13.0. The number of rotatable bonds is 14. The molecule has 0 bridgehead atoms. The highest BCUT2D eigenvalue weighted by Gasteiger charge is 2.24. The molecule has 1 rings (SSSR count). The second kappa shape index (κ2) is 15.4. The molecule has 0 aliphatic heterocycles. The van der Waals surface area contributed by atoms with E-state index < -0.39 is 12.1 Å². The molecule has 3 N–H and O–H groups in total. The molecule has 1 unspecified atom stereocenters. The van der Waals surface area contributed by atoms with Crippen molar-refractivity contribution in [2.24, 2.45) is 0 Å². The van der Waals surface area contributed by atoms with Crippen molar-refractivity contribution in [3.05, 3.63) is 35.9 Å². The number of hydrogen-bond donors (Lipinski definition) is 3. The third-order valence-electron chi connectivity index (χ3n) is 4.39. The van der Waals surface area contributed by atoms with Crippen molar-refractivity contribution in [3.63, 3.8) is 0 Å². The minimum atomic E-state index is -0.967. The molecule has 0 aliphatic carbocycles. The summed E-state index contributed by atoms with van der Waals surface area (Å²) in [6, 6.07) is 8.30. The summed E-state index contributed by atoms with van der Waals surface area (Å²) < 4.78 is 5.18. The Bertz CT molecular complexity index is 607. The first-order valence-corrected chi connectivity index (χ1v) is 10.6. The SMILES string of the molecule is CCCCCNC(=O)CC(NC(=O)OCc1ccccc1)C(=O)NCCCCC. The largest absolute Gasteiger partial charge is 0.445 e. The van der Waals surface area contributed by atoms with Gasteiger partial charge in [0.15, 0.2) is 0 Å². The number of carbonyl (C=O) groups is 3. The summed E-state index contributed by atoms with van der Waals surface area (Å²) in [7, 11) is 0. The van der Waals surface area contributed by atoms with E-state index >= 15 is 0 Å². The second-order valence-corrected chi connectivity index (χ2v) is 7.02. The molecular formula is C22H35N3O4. The van der Waals surface area contributed by atoms with Gasteiger partial charge in [-0.15, -0.1) is 0 Å². The highest BCUT2D eigenvalue weighted by Crippen LogP contribution is 2.02. The van der Waals surface area contributed by atoms with Crippen LogP contribution in [0.3, 0.4) is 0 Å². The molecule has 3 amide bonds. The molecule has 29 heavy (non-hydrogen) atoms. The van der Waals surface area contributed by atoms with Gasteiger partial charge in [0.2, 0.25) is 11.8 Å². The van der Waals surface area contributed by atoms with Crippen LogP contribution < -0.4 is 16.0 Å². The molecule has 0 spiro atoms. The molecule has 0 heterocycles. The van der Waals surface area contributed by atoms with Gasteiger partial charge in [-0.3, -0.25) is 9.59 Å². The Labute approximate surface area is 174 Å². The smallest absolute Gasteiger partial charge is 0.408 e. The maximum Gasteiger partial charge on any atom is 0.408 e. The Morgan fingerprint density at radius 2 is 1.52 bits per heavy atom. The summed E-state index contributed by atoms with van der Waals surface area (Å²) in [4.78, 5) is 36.8. The maximum atomic E-state index is 12.5. The van der Waals surface area contributed by atoms with Gasteiger partial charge in [0.05, 0.1) is 6.42 Å². The van der Waals surface area contributed by atoms with E-state index in [9.17, 15) is 14.4 Å². The van der Waals surface area contributed by atoms with Crippen molar-refractivity contribution in [2.75, 3.05) is 13.1 Å². The lowest BCUT2D eigenvalue weighted by Crippen LogP contribution is -2.49. The Balaban J connectivity index is 2.54. The second-order valence-electron chi connectivity index (χ2n) is 7.02. The third kappa shape index (κ3) is 11.8. The lowest BCUT2D eigenvalue weighted by atomic mass is 10.1. The number of amides is 3. The Morgan fingerprint density at radius 1 is 0.897 bits per heavy atom. The topological polar surface area (TPSA) is 96.5 Å². The zero-order valence-corrected chi connectivity index (χ0v) is 17.7. The number of alkyl carbamates (subject to hydrolysis) is 1. The standard InChI is InChI=1S/C22H35N3O4/c1-3-5-10-14-23-20(26)16-19(21(27)24-15-11-6-4-2)25-22(28)29-17-18-12-8-7-9-13-18/h7-9,12-13,19H,3-6,10-11,14-17H2,1-2H3,(H,23,26)(H,24,27)(H,25,28). The van der Waals surface area contributed by atoms with Crippen LogP contribution in [-0.2, 0) is 20.9 Å². The fraction of sp³-hybridized carbons (Fsp3) is 0.591. The van der Waals surface area contributed by atoms with E-state index in [0.717, 1.165) is 44.1 Å². The molecule has 0 aromatic heterocycles. The van der Waals surface area contributed by atoms with Gasteiger partial charge in [0.25, 0.3) is 0 Å². The van der Waals surface area contributed by atoms with Gasteiger partial charge in [-0.1, -0.05) is 69.9 Å². The summed E-state index contributed by atoms with van der Waals surface area (Å²) >= 11 is 0. The summed E-state index contributed by atoms with van der Waals surface area (Å²) in [5, 5.41) is 8.11. The summed E-state index contributed by atoms with van der Waals surface area (Å²) in [6.45, 7) is 5.35. The lowest BCUT2D eigenvalue weighted by molar-refractivity contribution is -0.128. The molecule has 162 valence electrons. The first-order chi connectivity index (χ1) is 14.1. The van der Waals surface area contributed by atoms with Crippen LogP contribution in [0.2, 0.25) is 0 Å². The molecule has 1 atom stereocenters. The van der Waals surface area contributed by atoms with E-state index in [4.69, 9.17) is 4.74 Å². The summed E-state index contributed by atoms with van der Waals surface area (Å²) in [6.07, 6.45) is 5.06. The molecule has 7 nitrogen and oxygen atoms in total. The maximum absolute atomic E-state index is 12.5. The predicted octanol–water partition coefficient (Wildman–Crippen LogP) is 3.28. The molecule has 0 radical (unpaired) electrons. The minimum absolute atomic E-state index is 0.0979. The summed E-state index contributed by atoms with van der Waals surface area (Å²) in [5.74, 6) is -0.639. The molecule has 7 heteroatoms. The van der Waals surface area contributed by atoms with Crippen LogP contribution in [0.4, 0.5) is 4.79 Å². The van der Waals surface area contributed by atoms with Crippen LogP contribution in [-0.4, -0.2) is 37.0 Å². The first-order valence-electron chi connectivity index (χ1n) is 10.6. The van der Waals surface area contributed by atoms with Crippen molar-refractivity contribution in [2.45, 2.75) is 71.4 Å². The van der Waals surface area contributed by atoms with Crippen molar-refractivity contribution >= 4 is 17.9 Å².